The molecule has 7 nitrogen and oxygen atoms in total. The molecule has 0 spiro atoms. The number of thiazole rings is 1. The van der Waals surface area contributed by atoms with Crippen LogP contribution < -0.4 is 10.9 Å². The van der Waals surface area contributed by atoms with Crippen molar-refractivity contribution in [1.29, 1.82) is 0 Å². The predicted molar refractivity (Wildman–Crippen MR) is 92.6 cm³/mol. The Kier molecular flexibility index (Phi) is 4.79. The molecule has 0 atom stereocenters. The molecular weight excluding hydrogens is 385 g/mol. The van der Waals surface area contributed by atoms with Crippen LogP contribution in [0, 0.1) is 0 Å². The van der Waals surface area contributed by atoms with Crippen LogP contribution in [-0.2, 0) is 17.5 Å². The molecule has 1 amide bonds. The molecule has 0 radical (unpaired) electrons. The summed E-state index contributed by atoms with van der Waals surface area (Å²) in [6, 6.07) is -0.197. The SMILES string of the molecule is CC(C)c1nn(CC(=O)NC2CC(C)(O)C2)c(=O)c2sc(C(F)(F)F)nc12. The van der Waals surface area contributed by atoms with E-state index in [1.807, 2.05) is 0 Å². The number of carbonyl (C=O) groups is 1. The molecule has 2 N–H and O–H groups in total. The summed E-state index contributed by atoms with van der Waals surface area (Å²) in [6.07, 6.45) is -3.85. The molecule has 2 heterocycles. The minimum absolute atomic E-state index is 0.0703. The van der Waals surface area contributed by atoms with E-state index in [0.717, 1.165) is 4.68 Å². The zero-order valence-corrected chi connectivity index (χ0v) is 15.7. The van der Waals surface area contributed by atoms with E-state index in [4.69, 9.17) is 0 Å². The maximum Gasteiger partial charge on any atom is 0.443 e. The number of amides is 1. The molecule has 2 aromatic rings. The largest absolute Gasteiger partial charge is 0.443 e. The van der Waals surface area contributed by atoms with Crippen molar-refractivity contribution in [3.8, 4) is 0 Å². The van der Waals surface area contributed by atoms with Gasteiger partial charge in [0.25, 0.3) is 5.56 Å². The highest BCUT2D eigenvalue weighted by Crippen LogP contribution is 2.36. The zero-order chi connectivity index (χ0) is 20.1. The van der Waals surface area contributed by atoms with Crippen molar-refractivity contribution in [3.05, 3.63) is 21.1 Å². The molecule has 0 aromatic carbocycles. The van der Waals surface area contributed by atoms with Crippen LogP contribution >= 0.6 is 11.3 Å². The number of nitrogens with zero attached hydrogens (tertiary/aromatic N) is 3. The number of aromatic nitrogens is 3. The molecule has 1 aliphatic rings. The summed E-state index contributed by atoms with van der Waals surface area (Å²) < 4.78 is 39.7. The average Bonchev–Trinajstić information content (AvgIpc) is 2.93. The van der Waals surface area contributed by atoms with Crippen molar-refractivity contribution in [3.63, 3.8) is 0 Å². The predicted octanol–water partition coefficient (Wildman–Crippen LogP) is 2.02. The second-order valence-corrected chi connectivity index (χ2v) is 8.37. The number of rotatable bonds is 4. The van der Waals surface area contributed by atoms with E-state index in [1.165, 1.54) is 0 Å². The lowest BCUT2D eigenvalue weighted by atomic mass is 9.77. The summed E-state index contributed by atoms with van der Waals surface area (Å²) in [5.74, 6) is -0.771. The molecule has 0 aliphatic heterocycles. The van der Waals surface area contributed by atoms with Gasteiger partial charge in [0.2, 0.25) is 5.91 Å². The number of hydrogen-bond donors (Lipinski definition) is 2. The first kappa shape index (κ1) is 19.7. The molecule has 148 valence electrons. The lowest BCUT2D eigenvalue weighted by molar-refractivity contribution is -0.137. The van der Waals surface area contributed by atoms with Crippen LogP contribution in [0.15, 0.2) is 4.79 Å². The van der Waals surface area contributed by atoms with Gasteiger partial charge >= 0.3 is 6.18 Å². The Labute approximate surface area is 156 Å². The highest BCUT2D eigenvalue weighted by atomic mass is 32.1. The molecular formula is C16H19F3N4O3S. The Morgan fingerprint density at radius 2 is 2.07 bits per heavy atom. The summed E-state index contributed by atoms with van der Waals surface area (Å²) in [4.78, 5) is 28.3. The van der Waals surface area contributed by atoms with Gasteiger partial charge in [-0.05, 0) is 25.7 Å². The van der Waals surface area contributed by atoms with E-state index in [1.54, 1.807) is 20.8 Å². The summed E-state index contributed by atoms with van der Waals surface area (Å²) >= 11 is 0.259. The first-order valence-corrected chi connectivity index (χ1v) is 9.19. The lowest BCUT2D eigenvalue weighted by Gasteiger charge is -2.41. The number of carbonyl (C=O) groups excluding carboxylic acids is 1. The minimum atomic E-state index is -4.66. The number of aliphatic hydroxyl groups is 1. The Bertz CT molecular complexity index is 941. The molecule has 1 saturated carbocycles. The normalized spacial score (nSPS) is 22.9. The van der Waals surface area contributed by atoms with Crippen molar-refractivity contribution in [2.75, 3.05) is 0 Å². The number of halogens is 3. The molecule has 1 aliphatic carbocycles. The first-order chi connectivity index (χ1) is 12.4. The molecule has 0 saturated heterocycles. The van der Waals surface area contributed by atoms with Gasteiger partial charge in [-0.15, -0.1) is 11.3 Å². The highest BCUT2D eigenvalue weighted by Gasteiger charge is 2.39. The van der Waals surface area contributed by atoms with Gasteiger partial charge in [-0.2, -0.15) is 18.3 Å². The van der Waals surface area contributed by atoms with Gasteiger partial charge in [0, 0.05) is 6.04 Å². The second kappa shape index (κ2) is 6.55. The third-order valence-electron chi connectivity index (χ3n) is 4.35. The van der Waals surface area contributed by atoms with Crippen LogP contribution in [0.3, 0.4) is 0 Å². The van der Waals surface area contributed by atoms with Crippen molar-refractivity contribution in [1.82, 2.24) is 20.1 Å². The molecule has 1 fully saturated rings. The monoisotopic (exact) mass is 404 g/mol. The average molecular weight is 404 g/mol. The molecule has 3 rings (SSSR count). The topological polar surface area (TPSA) is 97.1 Å². The number of hydrogen-bond acceptors (Lipinski definition) is 6. The first-order valence-electron chi connectivity index (χ1n) is 8.38. The van der Waals surface area contributed by atoms with Gasteiger partial charge in [0.15, 0.2) is 5.01 Å². The van der Waals surface area contributed by atoms with Crippen molar-refractivity contribution < 1.29 is 23.1 Å². The van der Waals surface area contributed by atoms with Crippen LogP contribution in [0.2, 0.25) is 0 Å². The number of alkyl halides is 3. The van der Waals surface area contributed by atoms with Crippen LogP contribution in [0.5, 0.6) is 0 Å². The van der Waals surface area contributed by atoms with E-state index in [0.29, 0.717) is 12.8 Å². The zero-order valence-electron chi connectivity index (χ0n) is 14.9. The van der Waals surface area contributed by atoms with Gasteiger partial charge in [-0.25, -0.2) is 9.67 Å². The summed E-state index contributed by atoms with van der Waals surface area (Å²) in [6.45, 7) is 4.69. The Hall–Kier alpha value is -2.01. The molecule has 2 aromatic heterocycles. The Balaban J connectivity index is 1.92. The van der Waals surface area contributed by atoms with Crippen molar-refractivity contribution in [2.45, 2.75) is 63.9 Å². The number of nitrogens with one attached hydrogen (secondary N) is 1. The molecule has 0 unspecified atom stereocenters. The van der Waals surface area contributed by atoms with Gasteiger partial charge in [0.1, 0.15) is 16.8 Å². The Morgan fingerprint density at radius 1 is 1.44 bits per heavy atom. The molecule has 0 bridgehead atoms. The highest BCUT2D eigenvalue weighted by molar-refractivity contribution is 7.18. The van der Waals surface area contributed by atoms with E-state index in [9.17, 15) is 27.9 Å². The van der Waals surface area contributed by atoms with E-state index in [-0.39, 0.29) is 39.2 Å². The minimum Gasteiger partial charge on any atom is -0.390 e. The van der Waals surface area contributed by atoms with E-state index < -0.39 is 34.8 Å². The van der Waals surface area contributed by atoms with Crippen molar-refractivity contribution >= 4 is 27.5 Å². The van der Waals surface area contributed by atoms with Gasteiger partial charge in [-0.1, -0.05) is 13.8 Å². The smallest absolute Gasteiger partial charge is 0.390 e. The van der Waals surface area contributed by atoms with Crippen LogP contribution in [0.1, 0.15) is 50.2 Å². The third-order valence-corrected chi connectivity index (χ3v) is 5.44. The Morgan fingerprint density at radius 3 is 2.59 bits per heavy atom. The van der Waals surface area contributed by atoms with Crippen LogP contribution in [0.4, 0.5) is 13.2 Å². The van der Waals surface area contributed by atoms with Gasteiger partial charge in [-0.3, -0.25) is 9.59 Å². The van der Waals surface area contributed by atoms with E-state index >= 15 is 0 Å². The standard InChI is InChI=1S/C16H19F3N4O3S/c1-7(2)10-11-12(27-14(21-11)16(17,18)19)13(25)23(22-10)6-9(24)20-8-4-15(3,26)5-8/h7-8,26H,4-6H2,1-3H3,(H,20,24). The summed E-state index contributed by atoms with van der Waals surface area (Å²) in [5.41, 5.74) is -1.43. The van der Waals surface area contributed by atoms with Crippen molar-refractivity contribution in [2.24, 2.45) is 0 Å². The summed E-state index contributed by atoms with van der Waals surface area (Å²) in [7, 11) is 0. The fourth-order valence-electron chi connectivity index (χ4n) is 3.11. The van der Waals surface area contributed by atoms with Crippen LogP contribution in [-0.4, -0.2) is 37.4 Å². The van der Waals surface area contributed by atoms with Gasteiger partial charge in [0.05, 0.1) is 11.3 Å². The second-order valence-electron chi connectivity index (χ2n) is 7.37. The maximum absolute atomic E-state index is 13.0. The lowest BCUT2D eigenvalue weighted by Crippen LogP contribution is -2.54. The maximum atomic E-state index is 13.0. The number of fused-ring (bicyclic) bond motifs is 1. The quantitative estimate of drug-likeness (QED) is 0.813. The van der Waals surface area contributed by atoms with Gasteiger partial charge < -0.3 is 10.4 Å². The van der Waals surface area contributed by atoms with Crippen LogP contribution in [0.25, 0.3) is 10.2 Å². The fraction of sp³-hybridized carbons (Fsp3) is 0.625. The molecule has 11 heteroatoms. The summed E-state index contributed by atoms with van der Waals surface area (Å²) in [5, 5.41) is 15.4. The third kappa shape index (κ3) is 3.98. The van der Waals surface area contributed by atoms with E-state index in [2.05, 4.69) is 15.4 Å². The fourth-order valence-corrected chi connectivity index (χ4v) is 3.99. The molecule has 27 heavy (non-hydrogen) atoms.